The first-order chi connectivity index (χ1) is 25.4. The van der Waals surface area contributed by atoms with Gasteiger partial charge in [-0.05, 0) is 55.7 Å². The van der Waals surface area contributed by atoms with Crippen LogP contribution in [0.2, 0.25) is 0 Å². The van der Waals surface area contributed by atoms with Crippen LogP contribution in [0.5, 0.6) is 0 Å². The molecule has 0 aromatic heterocycles. The van der Waals surface area contributed by atoms with Crippen LogP contribution in [0.15, 0.2) is 91.0 Å². The largest absolute Gasteiger partial charge is 0.480 e. The van der Waals surface area contributed by atoms with E-state index in [9.17, 15) is 34.2 Å². The molecule has 54 heavy (non-hydrogen) atoms. The van der Waals surface area contributed by atoms with Gasteiger partial charge in [-0.25, -0.2) is 19.3 Å². The number of urea groups is 1. The number of aliphatic carboxylic acids is 2. The summed E-state index contributed by atoms with van der Waals surface area (Å²) in [7, 11) is 0. The third-order valence-corrected chi connectivity index (χ3v) is 8.33. The summed E-state index contributed by atoms with van der Waals surface area (Å²) in [6.07, 6.45) is -3.22. The van der Waals surface area contributed by atoms with Gasteiger partial charge in [-0.3, -0.25) is 9.59 Å². The van der Waals surface area contributed by atoms with E-state index in [2.05, 4.69) is 5.32 Å². The van der Waals surface area contributed by atoms with Crippen molar-refractivity contribution >= 4 is 30.0 Å². The molecule has 1 unspecified atom stereocenters. The fraction of sp³-hybridized carbons (Fsp3) is 0.439. The summed E-state index contributed by atoms with van der Waals surface area (Å²) in [5.74, 6) is -4.22. The van der Waals surface area contributed by atoms with Crippen LogP contribution in [0.25, 0.3) is 0 Å². The maximum absolute atomic E-state index is 14.3. The Balaban J connectivity index is 1.98. The zero-order chi connectivity index (χ0) is 39.9. The van der Waals surface area contributed by atoms with Gasteiger partial charge in [-0.2, -0.15) is 0 Å². The molecule has 0 heterocycles. The summed E-state index contributed by atoms with van der Waals surface area (Å²) in [5, 5.41) is 23.6. The second kappa shape index (κ2) is 19.7. The van der Waals surface area contributed by atoms with Crippen LogP contribution >= 0.6 is 0 Å². The molecule has 13 heteroatoms. The Morgan fingerprint density at radius 2 is 1.22 bits per heavy atom. The van der Waals surface area contributed by atoms with Gasteiger partial charge in [0.25, 0.3) is 0 Å². The molecule has 3 rings (SSSR count). The number of nitrogens with zero attached hydrogens (tertiary/aromatic N) is 1. The molecule has 0 aliphatic heterocycles. The molecule has 0 aliphatic rings. The van der Waals surface area contributed by atoms with Gasteiger partial charge in [0.15, 0.2) is 11.5 Å². The van der Waals surface area contributed by atoms with Crippen LogP contribution in [0.3, 0.4) is 0 Å². The van der Waals surface area contributed by atoms with Crippen LogP contribution in [0.4, 0.5) is 9.59 Å². The first-order valence-corrected chi connectivity index (χ1v) is 17.7. The highest BCUT2D eigenvalue weighted by molar-refractivity contribution is 6.01. The maximum atomic E-state index is 14.3. The van der Waals surface area contributed by atoms with Crippen molar-refractivity contribution in [2.45, 2.75) is 92.0 Å². The van der Waals surface area contributed by atoms with Crippen molar-refractivity contribution in [3.63, 3.8) is 0 Å². The normalized spacial score (nSPS) is 13.8. The van der Waals surface area contributed by atoms with E-state index in [0.717, 1.165) is 5.56 Å². The van der Waals surface area contributed by atoms with Crippen LogP contribution in [-0.2, 0) is 53.2 Å². The first kappa shape index (κ1) is 43.1. The van der Waals surface area contributed by atoms with Gasteiger partial charge in [0, 0.05) is 6.61 Å². The van der Waals surface area contributed by atoms with Crippen molar-refractivity contribution < 1.29 is 53.1 Å². The van der Waals surface area contributed by atoms with Gasteiger partial charge in [-0.15, -0.1) is 0 Å². The minimum absolute atomic E-state index is 0.0301. The molecule has 3 amide bonds. The summed E-state index contributed by atoms with van der Waals surface area (Å²) in [6.45, 7) is 8.59. The predicted octanol–water partition coefficient (Wildman–Crippen LogP) is 6.83. The summed E-state index contributed by atoms with van der Waals surface area (Å²) in [4.78, 5) is 68.4. The van der Waals surface area contributed by atoms with E-state index in [1.807, 2.05) is 30.3 Å². The van der Waals surface area contributed by atoms with E-state index in [1.165, 1.54) is 0 Å². The van der Waals surface area contributed by atoms with Gasteiger partial charge in [0.05, 0.1) is 25.8 Å². The second-order valence-electron chi connectivity index (χ2n) is 15.0. The number of benzene rings is 3. The topological polar surface area (TPSA) is 178 Å². The standard InChI is InChI=1S/C41H52N2O11/c1-39(2,3)33(32(34(44)45)52-26-30-19-12-8-13-20-30)42-37(49)43(38(50)54-40(4,5)6)28-41(35(46)47,36(48)53-27-31-21-14-9-15-22-31)23-16-24-51-25-29-17-10-7-11-18-29/h7-15,17-22,32-33H,16,23-28H2,1-6H3,(H,42,49)(H,44,45)(H,46,47)/t32?,33-,41+/m1/s1. The number of carboxylic acid groups (broad SMARTS) is 2. The SMILES string of the molecule is CC(C)(C)OC(=O)N(C[C@@](CCCOCc1ccccc1)(C(=O)O)C(=O)OCc1ccccc1)C(=O)N[C@H](C(OCc1ccccc1)C(=O)O)C(C)(C)C. The van der Waals surface area contributed by atoms with Crippen molar-refractivity contribution in [3.05, 3.63) is 108 Å². The second-order valence-corrected chi connectivity index (χ2v) is 15.0. The summed E-state index contributed by atoms with van der Waals surface area (Å²) < 4.78 is 22.7. The Bertz CT molecular complexity index is 1670. The Hall–Kier alpha value is -5.27. The Morgan fingerprint density at radius 1 is 0.722 bits per heavy atom. The number of rotatable bonds is 18. The van der Waals surface area contributed by atoms with Gasteiger partial charge >= 0.3 is 30.0 Å². The monoisotopic (exact) mass is 748 g/mol. The lowest BCUT2D eigenvalue weighted by Gasteiger charge is -2.38. The molecule has 3 atom stereocenters. The van der Waals surface area contributed by atoms with E-state index < -0.39 is 71.6 Å². The zero-order valence-corrected chi connectivity index (χ0v) is 31.8. The van der Waals surface area contributed by atoms with Crippen molar-refractivity contribution in [2.24, 2.45) is 10.8 Å². The van der Waals surface area contributed by atoms with Gasteiger partial charge in [-0.1, -0.05) is 112 Å². The highest BCUT2D eigenvalue weighted by Gasteiger charge is 2.52. The average Bonchev–Trinajstić information content (AvgIpc) is 3.11. The number of amides is 3. The van der Waals surface area contributed by atoms with E-state index >= 15 is 0 Å². The number of nitrogens with one attached hydrogen (secondary N) is 1. The minimum Gasteiger partial charge on any atom is -0.480 e. The molecule has 292 valence electrons. The molecular weight excluding hydrogens is 696 g/mol. The molecule has 3 aromatic carbocycles. The van der Waals surface area contributed by atoms with Gasteiger partial charge in [0.1, 0.15) is 12.2 Å². The molecule has 0 saturated heterocycles. The fourth-order valence-electron chi connectivity index (χ4n) is 5.44. The molecular formula is C41H52N2O11. The molecule has 0 bridgehead atoms. The molecule has 0 fully saturated rings. The fourth-order valence-corrected chi connectivity index (χ4v) is 5.44. The summed E-state index contributed by atoms with van der Waals surface area (Å²) >= 11 is 0. The van der Waals surface area contributed by atoms with Crippen LogP contribution in [0.1, 0.15) is 71.1 Å². The molecule has 3 aromatic rings. The quantitative estimate of drug-likeness (QED) is 0.0706. The third kappa shape index (κ3) is 13.3. The van der Waals surface area contributed by atoms with E-state index in [1.54, 1.807) is 102 Å². The van der Waals surface area contributed by atoms with Crippen LogP contribution < -0.4 is 5.32 Å². The molecule has 0 spiro atoms. The Kier molecular flexibility index (Phi) is 15.7. The van der Waals surface area contributed by atoms with E-state index in [0.29, 0.717) is 16.0 Å². The van der Waals surface area contributed by atoms with Crippen LogP contribution in [0, 0.1) is 10.8 Å². The number of esters is 1. The van der Waals surface area contributed by atoms with Gasteiger partial charge < -0.3 is 34.5 Å². The first-order valence-electron chi connectivity index (χ1n) is 17.7. The van der Waals surface area contributed by atoms with Crippen molar-refractivity contribution in [1.29, 1.82) is 0 Å². The molecule has 0 radical (unpaired) electrons. The lowest BCUT2D eigenvalue weighted by molar-refractivity contribution is -0.171. The zero-order valence-electron chi connectivity index (χ0n) is 31.8. The molecule has 0 saturated carbocycles. The smallest absolute Gasteiger partial charge is 0.418 e. The highest BCUT2D eigenvalue weighted by Crippen LogP contribution is 2.31. The Labute approximate surface area is 316 Å². The third-order valence-electron chi connectivity index (χ3n) is 8.33. The summed E-state index contributed by atoms with van der Waals surface area (Å²) in [6, 6.07) is 24.3. The van der Waals surface area contributed by atoms with E-state index in [4.69, 9.17) is 18.9 Å². The molecule has 13 nitrogen and oxygen atoms in total. The van der Waals surface area contributed by atoms with Crippen LogP contribution in [-0.4, -0.2) is 76.0 Å². The van der Waals surface area contributed by atoms with Gasteiger partial charge in [0.2, 0.25) is 0 Å². The predicted molar refractivity (Wildman–Crippen MR) is 199 cm³/mol. The number of imide groups is 1. The lowest BCUT2D eigenvalue weighted by Crippen LogP contribution is -2.61. The van der Waals surface area contributed by atoms with Crippen molar-refractivity contribution in [2.75, 3.05) is 13.2 Å². The maximum Gasteiger partial charge on any atom is 0.418 e. The number of ether oxygens (including phenoxy) is 4. The lowest BCUT2D eigenvalue weighted by atomic mass is 9.82. The number of carbonyl (C=O) groups is 5. The number of carbonyl (C=O) groups excluding carboxylic acids is 3. The van der Waals surface area contributed by atoms with Crippen molar-refractivity contribution in [3.8, 4) is 0 Å². The number of hydrogen-bond acceptors (Lipinski definition) is 9. The Morgan fingerprint density at radius 3 is 1.69 bits per heavy atom. The number of carboxylic acids is 2. The van der Waals surface area contributed by atoms with E-state index in [-0.39, 0.29) is 32.8 Å². The molecule has 3 N–H and O–H groups in total. The average molecular weight is 749 g/mol. The highest BCUT2D eigenvalue weighted by atomic mass is 16.6. The van der Waals surface area contributed by atoms with Crippen molar-refractivity contribution in [1.82, 2.24) is 10.2 Å². The number of hydrogen-bond donors (Lipinski definition) is 3. The summed E-state index contributed by atoms with van der Waals surface area (Å²) in [5.41, 5.74) is -2.44. The minimum atomic E-state index is -2.48. The molecule has 0 aliphatic carbocycles.